The number of methoxy groups -OCH3 is 1. The smallest absolute Gasteiger partial charge is 0.268 e. The second-order valence-corrected chi connectivity index (χ2v) is 7.89. The van der Waals surface area contributed by atoms with Gasteiger partial charge in [-0.05, 0) is 42.7 Å². The third-order valence-corrected chi connectivity index (χ3v) is 5.63. The van der Waals surface area contributed by atoms with Gasteiger partial charge in [0.25, 0.3) is 5.91 Å². The fourth-order valence-corrected chi connectivity index (χ4v) is 4.02. The van der Waals surface area contributed by atoms with Gasteiger partial charge in [-0.3, -0.25) is 9.59 Å². The first-order valence-corrected chi connectivity index (χ1v) is 10.4. The highest BCUT2D eigenvalue weighted by Gasteiger charge is 2.34. The lowest BCUT2D eigenvalue weighted by molar-refractivity contribution is -0.142. The van der Waals surface area contributed by atoms with Crippen molar-refractivity contribution in [2.75, 3.05) is 13.7 Å². The Labute approximate surface area is 183 Å². The van der Waals surface area contributed by atoms with Crippen molar-refractivity contribution in [3.05, 3.63) is 64.8 Å². The minimum Gasteiger partial charge on any atom is -0.362 e. The average molecular weight is 445 g/mol. The number of carbonyl (C=O) groups is 2. The summed E-state index contributed by atoms with van der Waals surface area (Å²) in [5, 5.41) is 3.89. The lowest BCUT2D eigenvalue weighted by Gasteiger charge is -2.28. The number of nitrogens with one attached hydrogen (secondary N) is 2. The van der Waals surface area contributed by atoms with E-state index in [1.807, 2.05) is 0 Å². The molecule has 0 aliphatic carbocycles. The first-order valence-electron chi connectivity index (χ1n) is 9.97. The number of rotatable bonds is 6. The number of halogens is 2. The highest BCUT2D eigenvalue weighted by Crippen LogP contribution is 2.21. The predicted octanol–water partition coefficient (Wildman–Crippen LogP) is 3.29. The maximum Gasteiger partial charge on any atom is 0.268 e. The Morgan fingerprint density at radius 1 is 1.35 bits per heavy atom. The van der Waals surface area contributed by atoms with Crippen LogP contribution in [0.1, 0.15) is 28.9 Å². The molecule has 162 valence electrons. The van der Waals surface area contributed by atoms with Gasteiger partial charge >= 0.3 is 0 Å². The maximum atomic E-state index is 13.3. The molecular formula is C22H22ClFN4O3. The zero-order valence-electron chi connectivity index (χ0n) is 16.9. The van der Waals surface area contributed by atoms with E-state index >= 15 is 0 Å². The van der Waals surface area contributed by atoms with E-state index in [-0.39, 0.29) is 24.4 Å². The van der Waals surface area contributed by atoms with Gasteiger partial charge in [-0.1, -0.05) is 23.7 Å². The predicted molar refractivity (Wildman–Crippen MR) is 114 cm³/mol. The second kappa shape index (κ2) is 9.03. The number of pyridine rings is 1. The van der Waals surface area contributed by atoms with Crippen LogP contribution >= 0.6 is 11.6 Å². The molecule has 0 bridgehead atoms. The molecule has 1 aliphatic rings. The minimum absolute atomic E-state index is 0.228. The molecule has 1 saturated heterocycles. The highest BCUT2D eigenvalue weighted by molar-refractivity contribution is 6.30. The summed E-state index contributed by atoms with van der Waals surface area (Å²) in [7, 11) is 1.56. The average Bonchev–Trinajstić information content (AvgIpc) is 3.40. The van der Waals surface area contributed by atoms with Crippen LogP contribution in [0, 0.1) is 5.82 Å². The summed E-state index contributed by atoms with van der Waals surface area (Å²) in [6, 6.07) is 8.36. The number of aromatic amines is 1. The van der Waals surface area contributed by atoms with Gasteiger partial charge in [0.05, 0.1) is 11.7 Å². The van der Waals surface area contributed by atoms with Crippen LogP contribution in [0.4, 0.5) is 4.39 Å². The van der Waals surface area contributed by atoms with Crippen LogP contribution in [0.15, 0.2) is 42.6 Å². The number of hydrogen-bond acceptors (Lipinski definition) is 4. The summed E-state index contributed by atoms with van der Waals surface area (Å²) in [5.41, 5.74) is 1.69. The normalized spacial score (nSPS) is 17.1. The summed E-state index contributed by atoms with van der Waals surface area (Å²) >= 11 is 5.92. The molecule has 0 radical (unpaired) electrons. The molecule has 9 heteroatoms. The Balaban J connectivity index is 1.58. The Hall–Kier alpha value is -2.97. The van der Waals surface area contributed by atoms with Crippen molar-refractivity contribution >= 4 is 34.3 Å². The molecule has 2 amide bonds. The van der Waals surface area contributed by atoms with Crippen molar-refractivity contribution in [1.82, 2.24) is 20.2 Å². The largest absolute Gasteiger partial charge is 0.362 e. The lowest BCUT2D eigenvalue weighted by Crippen LogP contribution is -2.51. The fraction of sp³-hybridized carbons (Fsp3) is 0.318. The number of fused-ring (bicyclic) bond motifs is 1. The Morgan fingerprint density at radius 3 is 2.87 bits per heavy atom. The van der Waals surface area contributed by atoms with Crippen molar-refractivity contribution in [3.63, 3.8) is 0 Å². The number of benzene rings is 1. The summed E-state index contributed by atoms with van der Waals surface area (Å²) in [6.45, 7) is 0.559. The summed E-state index contributed by atoms with van der Waals surface area (Å²) < 4.78 is 18.7. The van der Waals surface area contributed by atoms with E-state index in [0.29, 0.717) is 22.9 Å². The van der Waals surface area contributed by atoms with Crippen molar-refractivity contribution in [2.45, 2.75) is 31.5 Å². The molecule has 1 aliphatic heterocycles. The molecule has 1 aromatic carbocycles. The third kappa shape index (κ3) is 4.70. The van der Waals surface area contributed by atoms with Gasteiger partial charge in [-0.15, -0.1) is 0 Å². The van der Waals surface area contributed by atoms with Crippen molar-refractivity contribution in [3.8, 4) is 0 Å². The van der Waals surface area contributed by atoms with Crippen LogP contribution in [0.5, 0.6) is 0 Å². The van der Waals surface area contributed by atoms with E-state index < -0.39 is 11.9 Å². The summed E-state index contributed by atoms with van der Waals surface area (Å²) in [4.78, 5) is 34.9. The zero-order chi connectivity index (χ0) is 22.0. The highest BCUT2D eigenvalue weighted by atomic mass is 35.5. The quantitative estimate of drug-likeness (QED) is 0.571. The molecule has 7 nitrogen and oxygen atoms in total. The molecule has 2 N–H and O–H groups in total. The zero-order valence-corrected chi connectivity index (χ0v) is 17.7. The molecule has 1 unspecified atom stereocenters. The molecule has 2 aromatic heterocycles. The topological polar surface area (TPSA) is 87.3 Å². The second-order valence-electron chi connectivity index (χ2n) is 7.50. The van der Waals surface area contributed by atoms with Gasteiger partial charge in [-0.25, -0.2) is 9.37 Å². The number of aromatic nitrogens is 2. The SMILES string of the molecule is COC1CCCN1C(=O)[C@H](Cc1ccc(F)cc1)NC(=O)c1cc2cc(Cl)ncc2[nH]1. The maximum absolute atomic E-state index is 13.3. The van der Waals surface area contributed by atoms with Crippen LogP contribution < -0.4 is 5.32 Å². The van der Waals surface area contributed by atoms with Gasteiger partial charge < -0.3 is 19.9 Å². The van der Waals surface area contributed by atoms with E-state index in [9.17, 15) is 14.0 Å². The van der Waals surface area contributed by atoms with Gasteiger partial charge in [0.1, 0.15) is 28.9 Å². The first kappa shape index (κ1) is 21.3. The fourth-order valence-electron chi connectivity index (χ4n) is 3.85. The van der Waals surface area contributed by atoms with Crippen molar-refractivity contribution < 1.29 is 18.7 Å². The van der Waals surface area contributed by atoms with Crippen LogP contribution in [0.25, 0.3) is 10.9 Å². The standard InChI is InChI=1S/C22H22ClFN4O3/c1-31-20-3-2-8-28(20)22(30)17(9-13-4-6-15(24)7-5-13)27-21(29)16-10-14-11-19(23)25-12-18(14)26-16/h4-7,10-12,17,20,26H,2-3,8-9H2,1H3,(H,27,29)/t17-,20?/m0/s1. The molecule has 0 spiro atoms. The Kier molecular flexibility index (Phi) is 6.20. The molecule has 3 heterocycles. The molecule has 0 saturated carbocycles. The number of ether oxygens (including phenoxy) is 1. The lowest BCUT2D eigenvalue weighted by atomic mass is 10.0. The van der Waals surface area contributed by atoms with Gasteiger partial charge in [0, 0.05) is 25.5 Å². The summed E-state index contributed by atoms with van der Waals surface area (Å²) in [6.07, 6.45) is 3.03. The molecule has 31 heavy (non-hydrogen) atoms. The molecule has 1 fully saturated rings. The number of likely N-dealkylation sites (tertiary alicyclic amines) is 1. The molecule has 2 atom stereocenters. The van der Waals surface area contributed by atoms with Crippen LogP contribution in [-0.2, 0) is 16.0 Å². The Morgan fingerprint density at radius 2 is 2.13 bits per heavy atom. The summed E-state index contributed by atoms with van der Waals surface area (Å²) in [5.74, 6) is -1.02. The number of H-pyrrole nitrogens is 1. The minimum atomic E-state index is -0.832. The van der Waals surface area contributed by atoms with E-state index in [1.54, 1.807) is 42.5 Å². The van der Waals surface area contributed by atoms with Gasteiger partial charge in [0.2, 0.25) is 5.91 Å². The van der Waals surface area contributed by atoms with E-state index in [4.69, 9.17) is 16.3 Å². The third-order valence-electron chi connectivity index (χ3n) is 5.43. The molecular weight excluding hydrogens is 423 g/mol. The number of carbonyl (C=O) groups excluding carboxylic acids is 2. The number of amides is 2. The number of hydrogen-bond donors (Lipinski definition) is 2. The van der Waals surface area contributed by atoms with Gasteiger partial charge in [0.15, 0.2) is 0 Å². The molecule has 3 aromatic rings. The van der Waals surface area contributed by atoms with Crippen LogP contribution in [0.3, 0.4) is 0 Å². The first-order chi connectivity index (χ1) is 14.9. The van der Waals surface area contributed by atoms with E-state index in [1.165, 1.54) is 12.1 Å². The Bertz CT molecular complexity index is 1100. The van der Waals surface area contributed by atoms with Crippen LogP contribution in [-0.4, -0.2) is 52.6 Å². The van der Waals surface area contributed by atoms with Gasteiger partial charge in [-0.2, -0.15) is 0 Å². The molecule has 4 rings (SSSR count). The van der Waals surface area contributed by atoms with Crippen molar-refractivity contribution in [2.24, 2.45) is 0 Å². The van der Waals surface area contributed by atoms with Crippen LogP contribution in [0.2, 0.25) is 5.15 Å². The van der Waals surface area contributed by atoms with E-state index in [2.05, 4.69) is 15.3 Å². The van der Waals surface area contributed by atoms with Crippen molar-refractivity contribution in [1.29, 1.82) is 0 Å². The monoisotopic (exact) mass is 444 g/mol. The van der Waals surface area contributed by atoms with E-state index in [0.717, 1.165) is 23.8 Å². The number of nitrogens with zero attached hydrogens (tertiary/aromatic N) is 2.